The molecule has 0 aromatic heterocycles. The lowest BCUT2D eigenvalue weighted by atomic mass is 9.98. The average Bonchev–Trinajstić information content (AvgIpc) is 2.16. The van der Waals surface area contributed by atoms with E-state index < -0.39 is 11.6 Å². The Bertz CT molecular complexity index is 201. The van der Waals surface area contributed by atoms with Crippen molar-refractivity contribution in [1.82, 2.24) is 5.32 Å². The molecule has 1 unspecified atom stereocenters. The van der Waals surface area contributed by atoms with E-state index in [0.29, 0.717) is 18.8 Å². The lowest BCUT2D eigenvalue weighted by Crippen LogP contribution is -2.54. The molecule has 0 heterocycles. The summed E-state index contributed by atoms with van der Waals surface area (Å²) < 4.78 is 0. The third-order valence-electron chi connectivity index (χ3n) is 2.62. The van der Waals surface area contributed by atoms with Crippen LogP contribution in [-0.2, 0) is 4.79 Å². The third-order valence-corrected chi connectivity index (χ3v) is 2.62. The molecule has 4 N–H and O–H groups in total. The zero-order valence-electron chi connectivity index (χ0n) is 10.2. The van der Waals surface area contributed by atoms with Crippen LogP contribution in [0, 0.1) is 5.92 Å². The Hall–Kier alpha value is -0.610. The van der Waals surface area contributed by atoms with Gasteiger partial charge in [0.25, 0.3) is 0 Å². The highest BCUT2D eigenvalue weighted by molar-refractivity contribution is 5.82. The molecule has 4 nitrogen and oxygen atoms in total. The fourth-order valence-electron chi connectivity index (χ4n) is 1.24. The highest BCUT2D eigenvalue weighted by Gasteiger charge is 2.26. The van der Waals surface area contributed by atoms with Gasteiger partial charge in [0.15, 0.2) is 0 Å². The minimum Gasteiger partial charge on any atom is -0.394 e. The van der Waals surface area contributed by atoms with E-state index in [0.717, 1.165) is 0 Å². The molecule has 0 saturated carbocycles. The van der Waals surface area contributed by atoms with Crippen LogP contribution < -0.4 is 11.1 Å². The van der Waals surface area contributed by atoms with Crippen LogP contribution in [0.3, 0.4) is 0 Å². The van der Waals surface area contributed by atoms with Gasteiger partial charge in [0, 0.05) is 0 Å². The van der Waals surface area contributed by atoms with E-state index in [9.17, 15) is 4.79 Å². The van der Waals surface area contributed by atoms with Crippen molar-refractivity contribution in [3.63, 3.8) is 0 Å². The summed E-state index contributed by atoms with van der Waals surface area (Å²) in [6, 6.07) is -0.484. The van der Waals surface area contributed by atoms with Crippen LogP contribution in [0.2, 0.25) is 0 Å². The Balaban J connectivity index is 4.22. The van der Waals surface area contributed by atoms with Crippen LogP contribution in [0.15, 0.2) is 0 Å². The number of hydrogen-bond acceptors (Lipinski definition) is 3. The second-order valence-corrected chi connectivity index (χ2v) is 4.80. The van der Waals surface area contributed by atoms with Gasteiger partial charge in [-0.2, -0.15) is 0 Å². The highest BCUT2D eigenvalue weighted by atomic mass is 16.3. The van der Waals surface area contributed by atoms with E-state index in [1.165, 1.54) is 0 Å². The van der Waals surface area contributed by atoms with Crippen LogP contribution in [0.5, 0.6) is 0 Å². The Morgan fingerprint density at radius 3 is 2.40 bits per heavy atom. The maximum absolute atomic E-state index is 11.7. The molecule has 0 radical (unpaired) electrons. The van der Waals surface area contributed by atoms with Crippen LogP contribution in [0.1, 0.15) is 40.5 Å². The molecule has 2 atom stereocenters. The van der Waals surface area contributed by atoms with Crippen molar-refractivity contribution >= 4 is 5.91 Å². The van der Waals surface area contributed by atoms with Gasteiger partial charge in [-0.15, -0.1) is 0 Å². The smallest absolute Gasteiger partial charge is 0.237 e. The first kappa shape index (κ1) is 14.4. The number of carbonyl (C=O) groups excluding carboxylic acids is 1. The second-order valence-electron chi connectivity index (χ2n) is 4.80. The van der Waals surface area contributed by atoms with Crippen molar-refractivity contribution in [2.45, 2.75) is 52.1 Å². The number of nitrogens with one attached hydrogen (secondary N) is 1. The molecule has 0 aliphatic rings. The first-order chi connectivity index (χ1) is 6.84. The van der Waals surface area contributed by atoms with Crippen molar-refractivity contribution in [2.75, 3.05) is 6.61 Å². The summed E-state index contributed by atoms with van der Waals surface area (Å²) in [6.45, 7) is 7.72. The Labute approximate surface area is 92.2 Å². The van der Waals surface area contributed by atoms with Gasteiger partial charge < -0.3 is 16.2 Å². The van der Waals surface area contributed by atoms with Gasteiger partial charge in [-0.05, 0) is 25.7 Å². The summed E-state index contributed by atoms with van der Waals surface area (Å²) >= 11 is 0. The van der Waals surface area contributed by atoms with Crippen molar-refractivity contribution in [2.24, 2.45) is 11.7 Å². The predicted molar refractivity (Wildman–Crippen MR) is 61.4 cm³/mol. The summed E-state index contributed by atoms with van der Waals surface area (Å²) in [5.74, 6) is 0.217. The molecule has 1 amide bonds. The van der Waals surface area contributed by atoms with Crippen LogP contribution in [0.4, 0.5) is 0 Å². The molecule has 4 heteroatoms. The predicted octanol–water partition coefficient (Wildman–Crippen LogP) is 0.637. The number of carbonyl (C=O) groups is 1. The fraction of sp³-hybridized carbons (Fsp3) is 0.909. The van der Waals surface area contributed by atoms with Crippen molar-refractivity contribution in [3.05, 3.63) is 0 Å². The van der Waals surface area contributed by atoms with Crippen LogP contribution >= 0.6 is 0 Å². The molecule has 0 saturated heterocycles. The lowest BCUT2D eigenvalue weighted by molar-refractivity contribution is -0.125. The first-order valence-corrected chi connectivity index (χ1v) is 5.53. The zero-order chi connectivity index (χ0) is 12.1. The quantitative estimate of drug-likeness (QED) is 0.610. The third kappa shape index (κ3) is 5.14. The molecule has 0 aromatic rings. The van der Waals surface area contributed by atoms with Crippen molar-refractivity contribution in [3.8, 4) is 0 Å². The van der Waals surface area contributed by atoms with E-state index in [-0.39, 0.29) is 12.5 Å². The molecular weight excluding hydrogens is 192 g/mol. The van der Waals surface area contributed by atoms with Crippen molar-refractivity contribution in [1.29, 1.82) is 0 Å². The standard InChI is InChI=1S/C11H24N2O2/c1-5-11(4,7-14)13-10(15)9(12)6-8(2)3/h8-9,14H,5-7,12H2,1-4H3,(H,13,15)/t9-,11?/m0/s1. The summed E-state index contributed by atoms with van der Waals surface area (Å²) in [4.78, 5) is 11.7. The maximum Gasteiger partial charge on any atom is 0.237 e. The second kappa shape index (κ2) is 6.08. The molecule has 0 aliphatic carbocycles. The normalized spacial score (nSPS) is 17.3. The van der Waals surface area contributed by atoms with E-state index >= 15 is 0 Å². The number of rotatable bonds is 6. The minimum atomic E-state index is -0.550. The molecular formula is C11H24N2O2. The summed E-state index contributed by atoms with van der Waals surface area (Å²) in [5, 5.41) is 11.9. The number of amides is 1. The molecule has 0 fully saturated rings. The number of nitrogens with two attached hydrogens (primary N) is 1. The van der Waals surface area contributed by atoms with Crippen LogP contribution in [0.25, 0.3) is 0 Å². The summed E-state index contributed by atoms with van der Waals surface area (Å²) in [5.41, 5.74) is 5.19. The Morgan fingerprint density at radius 1 is 1.53 bits per heavy atom. The summed E-state index contributed by atoms with van der Waals surface area (Å²) in [7, 11) is 0. The van der Waals surface area contributed by atoms with Gasteiger partial charge >= 0.3 is 0 Å². The van der Waals surface area contributed by atoms with Crippen molar-refractivity contribution < 1.29 is 9.90 Å². The lowest BCUT2D eigenvalue weighted by Gasteiger charge is -2.29. The van der Waals surface area contributed by atoms with Gasteiger partial charge in [0.2, 0.25) is 5.91 Å². The number of aliphatic hydroxyl groups is 1. The number of aliphatic hydroxyl groups excluding tert-OH is 1. The maximum atomic E-state index is 11.7. The topological polar surface area (TPSA) is 75.3 Å². The molecule has 0 aromatic carbocycles. The Morgan fingerprint density at radius 2 is 2.07 bits per heavy atom. The molecule has 90 valence electrons. The van der Waals surface area contributed by atoms with E-state index in [1.807, 2.05) is 27.7 Å². The van der Waals surface area contributed by atoms with Gasteiger partial charge in [0.05, 0.1) is 18.2 Å². The fourth-order valence-corrected chi connectivity index (χ4v) is 1.24. The average molecular weight is 216 g/mol. The Kier molecular flexibility index (Phi) is 5.83. The molecule has 0 aliphatic heterocycles. The highest BCUT2D eigenvalue weighted by Crippen LogP contribution is 2.09. The molecule has 15 heavy (non-hydrogen) atoms. The monoisotopic (exact) mass is 216 g/mol. The largest absolute Gasteiger partial charge is 0.394 e. The summed E-state index contributed by atoms with van der Waals surface area (Å²) in [6.07, 6.45) is 1.35. The first-order valence-electron chi connectivity index (χ1n) is 5.53. The van der Waals surface area contributed by atoms with Gasteiger partial charge in [0.1, 0.15) is 0 Å². The SMILES string of the molecule is CCC(C)(CO)NC(=O)[C@@H](N)CC(C)C. The van der Waals surface area contributed by atoms with Crippen LogP contribution in [-0.4, -0.2) is 29.2 Å². The van der Waals surface area contributed by atoms with Gasteiger partial charge in [-0.1, -0.05) is 20.8 Å². The van der Waals surface area contributed by atoms with E-state index in [4.69, 9.17) is 10.8 Å². The van der Waals surface area contributed by atoms with Gasteiger partial charge in [-0.25, -0.2) is 0 Å². The minimum absolute atomic E-state index is 0.0658. The van der Waals surface area contributed by atoms with E-state index in [2.05, 4.69) is 5.32 Å². The van der Waals surface area contributed by atoms with E-state index in [1.54, 1.807) is 0 Å². The van der Waals surface area contributed by atoms with Gasteiger partial charge in [-0.3, -0.25) is 4.79 Å². The molecule has 0 bridgehead atoms. The molecule has 0 rings (SSSR count). The zero-order valence-corrected chi connectivity index (χ0v) is 10.2. The number of hydrogen-bond donors (Lipinski definition) is 3. The molecule has 0 spiro atoms.